The van der Waals surface area contributed by atoms with Crippen LogP contribution in [0.4, 0.5) is 5.69 Å². The summed E-state index contributed by atoms with van der Waals surface area (Å²) >= 11 is 1.60. The third-order valence-corrected chi connectivity index (χ3v) is 3.76. The Labute approximate surface area is 110 Å². The smallest absolute Gasteiger partial charge is 0.196 e. The van der Waals surface area contributed by atoms with Crippen LogP contribution in [0.2, 0.25) is 0 Å². The summed E-state index contributed by atoms with van der Waals surface area (Å²) in [6, 6.07) is 8.32. The fourth-order valence-corrected chi connectivity index (χ4v) is 2.84. The Morgan fingerprint density at radius 3 is 2.94 bits per heavy atom. The SMILES string of the molecule is Cc1ccccc1N1C(N)=NCC1c1cscn1. The molecule has 0 saturated heterocycles. The van der Waals surface area contributed by atoms with E-state index >= 15 is 0 Å². The van der Waals surface area contributed by atoms with E-state index in [4.69, 9.17) is 5.73 Å². The van der Waals surface area contributed by atoms with Crippen LogP contribution in [0.25, 0.3) is 0 Å². The molecule has 1 atom stereocenters. The number of rotatable bonds is 2. The highest BCUT2D eigenvalue weighted by Crippen LogP contribution is 2.32. The number of nitrogens with zero attached hydrogens (tertiary/aromatic N) is 3. The van der Waals surface area contributed by atoms with Crippen molar-refractivity contribution in [1.29, 1.82) is 0 Å². The Morgan fingerprint density at radius 1 is 1.39 bits per heavy atom. The van der Waals surface area contributed by atoms with E-state index in [0.717, 1.165) is 11.4 Å². The molecule has 0 aliphatic carbocycles. The summed E-state index contributed by atoms with van der Waals surface area (Å²) in [6.07, 6.45) is 0. The normalized spacial score (nSPS) is 19.1. The van der Waals surface area contributed by atoms with E-state index in [-0.39, 0.29) is 6.04 Å². The van der Waals surface area contributed by atoms with E-state index in [0.29, 0.717) is 12.5 Å². The fourth-order valence-electron chi connectivity index (χ4n) is 2.23. The van der Waals surface area contributed by atoms with Gasteiger partial charge < -0.3 is 10.6 Å². The molecule has 1 unspecified atom stereocenters. The highest BCUT2D eigenvalue weighted by atomic mass is 32.1. The standard InChI is InChI=1S/C13H14N4S/c1-9-4-2-3-5-11(9)17-12(6-15-13(17)14)10-7-18-8-16-10/h2-5,7-8,12H,6H2,1H3,(H2,14,15). The number of nitrogens with two attached hydrogens (primary N) is 1. The van der Waals surface area contributed by atoms with Gasteiger partial charge in [-0.25, -0.2) is 4.98 Å². The number of hydrogen-bond acceptors (Lipinski definition) is 5. The van der Waals surface area contributed by atoms with Crippen molar-refractivity contribution in [2.24, 2.45) is 10.7 Å². The van der Waals surface area contributed by atoms with Gasteiger partial charge in [0.15, 0.2) is 5.96 Å². The number of anilines is 1. The maximum absolute atomic E-state index is 6.03. The maximum atomic E-state index is 6.03. The van der Waals surface area contributed by atoms with Crippen molar-refractivity contribution in [2.75, 3.05) is 11.4 Å². The molecule has 0 bridgehead atoms. The lowest BCUT2D eigenvalue weighted by molar-refractivity contribution is 0.745. The minimum absolute atomic E-state index is 0.123. The first-order chi connectivity index (χ1) is 8.77. The Bertz CT molecular complexity index is 576. The zero-order valence-corrected chi connectivity index (χ0v) is 10.9. The number of thiazole rings is 1. The number of aliphatic imine (C=N–C) groups is 1. The summed E-state index contributed by atoms with van der Waals surface area (Å²) < 4.78 is 0. The number of benzene rings is 1. The topological polar surface area (TPSA) is 54.5 Å². The molecular weight excluding hydrogens is 244 g/mol. The van der Waals surface area contributed by atoms with E-state index in [1.807, 2.05) is 17.6 Å². The van der Waals surface area contributed by atoms with Gasteiger partial charge in [-0.3, -0.25) is 4.99 Å². The fraction of sp³-hybridized carbons (Fsp3) is 0.231. The summed E-state index contributed by atoms with van der Waals surface area (Å²) in [5, 5.41) is 2.06. The summed E-state index contributed by atoms with van der Waals surface area (Å²) in [6.45, 7) is 2.75. The number of aryl methyl sites for hydroxylation is 1. The second-order valence-corrected chi connectivity index (χ2v) is 5.00. The van der Waals surface area contributed by atoms with E-state index in [2.05, 4.69) is 39.3 Å². The lowest BCUT2D eigenvalue weighted by Gasteiger charge is -2.26. The first kappa shape index (κ1) is 11.2. The Kier molecular flexibility index (Phi) is 2.76. The first-order valence-electron chi connectivity index (χ1n) is 5.80. The third kappa shape index (κ3) is 1.76. The number of hydrogen-bond donors (Lipinski definition) is 1. The van der Waals surface area contributed by atoms with Crippen LogP contribution in [-0.2, 0) is 0 Å². The molecule has 4 nitrogen and oxygen atoms in total. The van der Waals surface area contributed by atoms with Gasteiger partial charge in [-0.15, -0.1) is 11.3 Å². The molecule has 0 spiro atoms. The van der Waals surface area contributed by atoms with Gasteiger partial charge in [0, 0.05) is 11.1 Å². The molecule has 0 radical (unpaired) electrons. The minimum Gasteiger partial charge on any atom is -0.369 e. The molecule has 0 amide bonds. The molecule has 3 rings (SSSR count). The van der Waals surface area contributed by atoms with Crippen molar-refractivity contribution in [3.05, 3.63) is 46.4 Å². The number of guanidine groups is 1. The zero-order chi connectivity index (χ0) is 12.5. The van der Waals surface area contributed by atoms with Crippen LogP contribution in [-0.4, -0.2) is 17.5 Å². The van der Waals surface area contributed by atoms with E-state index in [1.165, 1.54) is 5.56 Å². The molecule has 2 aromatic rings. The van der Waals surface area contributed by atoms with Gasteiger partial charge in [0.2, 0.25) is 0 Å². The molecule has 18 heavy (non-hydrogen) atoms. The van der Waals surface area contributed by atoms with Crippen molar-refractivity contribution in [3.63, 3.8) is 0 Å². The van der Waals surface area contributed by atoms with E-state index in [9.17, 15) is 0 Å². The van der Waals surface area contributed by atoms with Crippen LogP contribution in [0.5, 0.6) is 0 Å². The quantitative estimate of drug-likeness (QED) is 0.899. The second-order valence-electron chi connectivity index (χ2n) is 4.28. The highest BCUT2D eigenvalue weighted by molar-refractivity contribution is 7.07. The molecular formula is C13H14N4S. The molecule has 1 aliphatic heterocycles. The first-order valence-corrected chi connectivity index (χ1v) is 6.74. The molecule has 1 aromatic heterocycles. The van der Waals surface area contributed by atoms with Crippen molar-refractivity contribution >= 4 is 23.0 Å². The molecule has 0 fully saturated rings. The van der Waals surface area contributed by atoms with Crippen molar-refractivity contribution < 1.29 is 0 Å². The largest absolute Gasteiger partial charge is 0.369 e. The number of aromatic nitrogens is 1. The van der Waals surface area contributed by atoms with Crippen LogP contribution in [0.1, 0.15) is 17.3 Å². The van der Waals surface area contributed by atoms with E-state index < -0.39 is 0 Å². The number of para-hydroxylation sites is 1. The van der Waals surface area contributed by atoms with Crippen LogP contribution in [0.15, 0.2) is 40.1 Å². The highest BCUT2D eigenvalue weighted by Gasteiger charge is 2.30. The van der Waals surface area contributed by atoms with Crippen molar-refractivity contribution in [3.8, 4) is 0 Å². The van der Waals surface area contributed by atoms with Gasteiger partial charge in [-0.2, -0.15) is 0 Å². The molecule has 2 N–H and O–H groups in total. The molecule has 0 saturated carbocycles. The van der Waals surface area contributed by atoms with E-state index in [1.54, 1.807) is 11.3 Å². The Balaban J connectivity index is 2.03. The predicted molar refractivity (Wildman–Crippen MR) is 75.0 cm³/mol. The summed E-state index contributed by atoms with van der Waals surface area (Å²) in [4.78, 5) is 10.8. The van der Waals surface area contributed by atoms with Gasteiger partial charge in [0.25, 0.3) is 0 Å². The summed E-state index contributed by atoms with van der Waals surface area (Å²) in [5.74, 6) is 0.572. The van der Waals surface area contributed by atoms with Crippen molar-refractivity contribution in [1.82, 2.24) is 4.98 Å². The second kappa shape index (κ2) is 4.42. The van der Waals surface area contributed by atoms with Crippen molar-refractivity contribution in [2.45, 2.75) is 13.0 Å². The monoisotopic (exact) mass is 258 g/mol. The third-order valence-electron chi connectivity index (χ3n) is 3.15. The van der Waals surface area contributed by atoms with Crippen LogP contribution < -0.4 is 10.6 Å². The molecule has 1 aromatic carbocycles. The van der Waals surface area contributed by atoms with Gasteiger partial charge in [0.1, 0.15) is 0 Å². The average Bonchev–Trinajstić information content (AvgIpc) is 2.99. The van der Waals surface area contributed by atoms with Gasteiger partial charge in [-0.05, 0) is 18.6 Å². The predicted octanol–water partition coefficient (Wildman–Crippen LogP) is 2.33. The van der Waals surface area contributed by atoms with Gasteiger partial charge >= 0.3 is 0 Å². The molecule has 92 valence electrons. The molecule has 1 aliphatic rings. The maximum Gasteiger partial charge on any atom is 0.196 e. The molecule has 2 heterocycles. The lowest BCUT2D eigenvalue weighted by Crippen LogP contribution is -2.36. The van der Waals surface area contributed by atoms with Gasteiger partial charge in [-0.1, -0.05) is 18.2 Å². The molecule has 5 heteroatoms. The Morgan fingerprint density at radius 2 is 2.22 bits per heavy atom. The average molecular weight is 258 g/mol. The minimum atomic E-state index is 0.123. The zero-order valence-electron chi connectivity index (χ0n) is 10.1. The Hall–Kier alpha value is -1.88. The van der Waals surface area contributed by atoms with Crippen LogP contribution >= 0.6 is 11.3 Å². The van der Waals surface area contributed by atoms with Crippen LogP contribution in [0, 0.1) is 6.92 Å². The lowest BCUT2D eigenvalue weighted by atomic mass is 10.1. The van der Waals surface area contributed by atoms with Crippen LogP contribution in [0.3, 0.4) is 0 Å². The summed E-state index contributed by atoms with van der Waals surface area (Å²) in [5.41, 5.74) is 11.2. The van der Waals surface area contributed by atoms with Gasteiger partial charge in [0.05, 0.1) is 23.8 Å². The summed E-state index contributed by atoms with van der Waals surface area (Å²) in [7, 11) is 0.